The zero-order valence-corrected chi connectivity index (χ0v) is 10.9. The van der Waals surface area contributed by atoms with Crippen molar-refractivity contribution in [2.75, 3.05) is 13.1 Å². The Kier molecular flexibility index (Phi) is 4.75. The molecule has 3 unspecified atom stereocenters. The fraction of sp³-hybridized carbons (Fsp3) is 0.857. The first kappa shape index (κ1) is 13.5. The summed E-state index contributed by atoms with van der Waals surface area (Å²) >= 11 is 0. The molecule has 0 aromatic heterocycles. The lowest BCUT2D eigenvalue weighted by molar-refractivity contribution is -0.138. The van der Waals surface area contributed by atoms with Gasteiger partial charge in [0.2, 0.25) is 5.91 Å². The average Bonchev–Trinajstić information content (AvgIpc) is 2.63. The van der Waals surface area contributed by atoms with Crippen LogP contribution in [0, 0.1) is 11.8 Å². The third-order valence-electron chi connectivity index (χ3n) is 4.25. The number of nitrogens with zero attached hydrogens (tertiary/aromatic N) is 1. The number of rotatable bonds is 2. The van der Waals surface area contributed by atoms with Crippen molar-refractivity contribution in [3.05, 3.63) is 0 Å². The molecule has 0 bridgehead atoms. The maximum Gasteiger partial charge on any atom is 0.225 e. The zero-order valence-electron chi connectivity index (χ0n) is 10.9. The fourth-order valence-electron chi connectivity index (χ4n) is 3.11. The van der Waals surface area contributed by atoms with Crippen LogP contribution in [-0.4, -0.2) is 41.4 Å². The lowest BCUT2D eigenvalue weighted by Crippen LogP contribution is -2.43. The van der Waals surface area contributed by atoms with Crippen molar-refractivity contribution >= 4 is 12.2 Å². The maximum absolute atomic E-state index is 12.4. The van der Waals surface area contributed by atoms with E-state index in [1.54, 1.807) is 0 Å². The summed E-state index contributed by atoms with van der Waals surface area (Å²) in [5, 5.41) is 9.61. The number of piperidine rings is 1. The van der Waals surface area contributed by atoms with E-state index < -0.39 is 0 Å². The van der Waals surface area contributed by atoms with Gasteiger partial charge in [0.05, 0.1) is 6.10 Å². The van der Waals surface area contributed by atoms with Crippen LogP contribution in [0.1, 0.15) is 44.9 Å². The van der Waals surface area contributed by atoms with Gasteiger partial charge >= 0.3 is 0 Å². The van der Waals surface area contributed by atoms with Gasteiger partial charge < -0.3 is 14.8 Å². The third kappa shape index (κ3) is 3.31. The van der Waals surface area contributed by atoms with Gasteiger partial charge in [0.25, 0.3) is 0 Å². The maximum atomic E-state index is 12.4. The number of carbonyl (C=O) groups excluding carboxylic acids is 2. The van der Waals surface area contributed by atoms with Crippen LogP contribution in [0.5, 0.6) is 0 Å². The summed E-state index contributed by atoms with van der Waals surface area (Å²) in [6, 6.07) is 0. The van der Waals surface area contributed by atoms with Gasteiger partial charge in [-0.25, -0.2) is 0 Å². The second-order valence-corrected chi connectivity index (χ2v) is 5.68. The Morgan fingerprint density at radius 2 is 1.94 bits per heavy atom. The minimum absolute atomic E-state index is 0.0269. The molecule has 0 spiro atoms. The van der Waals surface area contributed by atoms with E-state index in [-0.39, 0.29) is 23.8 Å². The summed E-state index contributed by atoms with van der Waals surface area (Å²) in [6.07, 6.45) is 6.77. The monoisotopic (exact) mass is 253 g/mol. The van der Waals surface area contributed by atoms with E-state index in [0.29, 0.717) is 6.54 Å². The topological polar surface area (TPSA) is 57.6 Å². The molecule has 4 nitrogen and oxygen atoms in total. The SMILES string of the molecule is O=CC1CCCN(C(=O)C2CCCC(O)CC2)C1. The molecule has 0 radical (unpaired) electrons. The van der Waals surface area contributed by atoms with E-state index in [0.717, 1.165) is 57.8 Å². The van der Waals surface area contributed by atoms with Crippen LogP contribution in [0.15, 0.2) is 0 Å². The van der Waals surface area contributed by atoms with Crippen molar-refractivity contribution in [3.63, 3.8) is 0 Å². The van der Waals surface area contributed by atoms with Gasteiger partial charge in [0, 0.05) is 24.9 Å². The van der Waals surface area contributed by atoms with Crippen LogP contribution in [0.25, 0.3) is 0 Å². The average molecular weight is 253 g/mol. The number of aliphatic hydroxyl groups excluding tert-OH is 1. The lowest BCUT2D eigenvalue weighted by Gasteiger charge is -2.32. The molecule has 2 aliphatic rings. The van der Waals surface area contributed by atoms with Gasteiger partial charge in [-0.1, -0.05) is 6.42 Å². The van der Waals surface area contributed by atoms with Gasteiger partial charge in [-0.15, -0.1) is 0 Å². The molecule has 102 valence electrons. The van der Waals surface area contributed by atoms with Gasteiger partial charge in [0.1, 0.15) is 6.29 Å². The molecule has 1 saturated carbocycles. The Hall–Kier alpha value is -0.900. The van der Waals surface area contributed by atoms with Crippen LogP contribution in [0.3, 0.4) is 0 Å². The van der Waals surface area contributed by atoms with Crippen LogP contribution < -0.4 is 0 Å². The minimum atomic E-state index is -0.230. The molecule has 1 N–H and O–H groups in total. The third-order valence-corrected chi connectivity index (χ3v) is 4.25. The van der Waals surface area contributed by atoms with Crippen LogP contribution in [0.4, 0.5) is 0 Å². The van der Waals surface area contributed by atoms with E-state index in [2.05, 4.69) is 0 Å². The van der Waals surface area contributed by atoms with Gasteiger partial charge in [0.15, 0.2) is 0 Å². The quantitative estimate of drug-likeness (QED) is 0.597. The second kappa shape index (κ2) is 6.32. The Labute approximate surface area is 108 Å². The molecule has 2 rings (SSSR count). The van der Waals surface area contributed by atoms with Gasteiger partial charge in [-0.3, -0.25) is 4.79 Å². The molecule has 1 aliphatic heterocycles. The summed E-state index contributed by atoms with van der Waals surface area (Å²) in [6.45, 7) is 1.39. The molecule has 1 heterocycles. The Morgan fingerprint density at radius 1 is 1.11 bits per heavy atom. The molecule has 0 aromatic rings. The summed E-state index contributed by atoms with van der Waals surface area (Å²) in [4.78, 5) is 25.1. The highest BCUT2D eigenvalue weighted by Gasteiger charge is 2.30. The number of carbonyl (C=O) groups is 2. The Balaban J connectivity index is 1.91. The smallest absolute Gasteiger partial charge is 0.225 e. The molecule has 1 amide bonds. The van der Waals surface area contributed by atoms with Crippen molar-refractivity contribution in [2.45, 2.75) is 51.0 Å². The van der Waals surface area contributed by atoms with E-state index >= 15 is 0 Å². The number of likely N-dealkylation sites (tertiary alicyclic amines) is 1. The van der Waals surface area contributed by atoms with Gasteiger partial charge in [-0.05, 0) is 38.5 Å². The fourth-order valence-corrected chi connectivity index (χ4v) is 3.11. The van der Waals surface area contributed by atoms with E-state index in [1.165, 1.54) is 0 Å². The Morgan fingerprint density at radius 3 is 2.72 bits per heavy atom. The number of hydrogen-bond acceptors (Lipinski definition) is 3. The van der Waals surface area contributed by atoms with Crippen molar-refractivity contribution in [3.8, 4) is 0 Å². The van der Waals surface area contributed by atoms with Crippen molar-refractivity contribution in [2.24, 2.45) is 11.8 Å². The highest BCUT2D eigenvalue weighted by molar-refractivity contribution is 5.79. The molecule has 0 aromatic carbocycles. The van der Waals surface area contributed by atoms with Crippen molar-refractivity contribution in [1.29, 1.82) is 0 Å². The molecular weight excluding hydrogens is 230 g/mol. The largest absolute Gasteiger partial charge is 0.393 e. The predicted octanol–water partition coefficient (Wildman–Crippen LogP) is 1.37. The molecule has 18 heavy (non-hydrogen) atoms. The van der Waals surface area contributed by atoms with E-state index in [1.807, 2.05) is 4.90 Å². The standard InChI is InChI=1S/C14H23NO3/c16-10-11-3-2-8-15(9-11)14(18)12-4-1-5-13(17)7-6-12/h10-13,17H,1-9H2. The number of amides is 1. The van der Waals surface area contributed by atoms with Crippen LogP contribution >= 0.6 is 0 Å². The second-order valence-electron chi connectivity index (χ2n) is 5.68. The van der Waals surface area contributed by atoms with E-state index in [9.17, 15) is 14.7 Å². The lowest BCUT2D eigenvalue weighted by atomic mass is 9.94. The minimum Gasteiger partial charge on any atom is -0.393 e. The number of aliphatic hydroxyl groups is 1. The summed E-state index contributed by atoms with van der Waals surface area (Å²) in [5.41, 5.74) is 0. The first-order valence-corrected chi connectivity index (χ1v) is 7.13. The summed E-state index contributed by atoms with van der Waals surface area (Å²) in [7, 11) is 0. The highest BCUT2D eigenvalue weighted by Crippen LogP contribution is 2.26. The number of aldehydes is 1. The van der Waals surface area contributed by atoms with Crippen molar-refractivity contribution < 1.29 is 14.7 Å². The normalized spacial score (nSPS) is 33.8. The summed E-state index contributed by atoms with van der Waals surface area (Å²) < 4.78 is 0. The summed E-state index contributed by atoms with van der Waals surface area (Å²) in [5.74, 6) is 0.294. The van der Waals surface area contributed by atoms with E-state index in [4.69, 9.17) is 0 Å². The van der Waals surface area contributed by atoms with Gasteiger partial charge in [-0.2, -0.15) is 0 Å². The van der Waals surface area contributed by atoms with Crippen LogP contribution in [-0.2, 0) is 9.59 Å². The Bertz CT molecular complexity index is 305. The van der Waals surface area contributed by atoms with Crippen LogP contribution in [0.2, 0.25) is 0 Å². The first-order valence-electron chi connectivity index (χ1n) is 7.13. The molecule has 3 atom stereocenters. The molecule has 4 heteroatoms. The molecule has 1 aliphatic carbocycles. The number of hydrogen-bond donors (Lipinski definition) is 1. The first-order chi connectivity index (χ1) is 8.70. The van der Waals surface area contributed by atoms with Crippen molar-refractivity contribution in [1.82, 2.24) is 4.90 Å². The predicted molar refractivity (Wildman–Crippen MR) is 67.9 cm³/mol. The molecule has 1 saturated heterocycles. The molecule has 2 fully saturated rings. The molecular formula is C14H23NO3. The highest BCUT2D eigenvalue weighted by atomic mass is 16.3. The zero-order chi connectivity index (χ0) is 13.0.